The second-order valence-corrected chi connectivity index (χ2v) is 8.15. The number of carbonyl (C=O) groups excluding carboxylic acids is 1. The maximum absolute atomic E-state index is 13.5. The van der Waals surface area contributed by atoms with Gasteiger partial charge in [0.2, 0.25) is 0 Å². The highest BCUT2D eigenvalue weighted by atomic mass is 35.5. The molecular weight excluding hydrogens is 409 g/mol. The van der Waals surface area contributed by atoms with Crippen LogP contribution in [0.2, 0.25) is 5.02 Å². The minimum absolute atomic E-state index is 0.0441. The van der Waals surface area contributed by atoms with E-state index in [-0.39, 0.29) is 30.0 Å². The summed E-state index contributed by atoms with van der Waals surface area (Å²) in [6.45, 7) is 0.937. The Bertz CT molecular complexity index is 1080. The smallest absolute Gasteiger partial charge is 0.303 e. The Hall–Kier alpha value is -2.93. The number of benzene rings is 2. The molecule has 2 heterocycles. The average Bonchev–Trinajstić information content (AvgIpc) is 3.10. The van der Waals surface area contributed by atoms with Gasteiger partial charge >= 0.3 is 5.97 Å². The van der Waals surface area contributed by atoms with E-state index in [0.717, 1.165) is 0 Å². The lowest BCUT2D eigenvalue weighted by Gasteiger charge is -2.38. The minimum atomic E-state index is -0.853. The second kappa shape index (κ2) is 8.44. The Labute approximate surface area is 177 Å². The molecule has 2 N–H and O–H groups in total. The molecule has 1 saturated heterocycles. The minimum Gasteiger partial charge on any atom is -0.481 e. The lowest BCUT2D eigenvalue weighted by atomic mass is 9.81. The van der Waals surface area contributed by atoms with E-state index in [9.17, 15) is 19.1 Å². The van der Waals surface area contributed by atoms with Crippen molar-refractivity contribution in [1.29, 1.82) is 0 Å². The Morgan fingerprint density at radius 3 is 2.70 bits per heavy atom. The molecule has 156 valence electrons. The number of carboxylic acid groups (broad SMARTS) is 1. The van der Waals surface area contributed by atoms with Crippen molar-refractivity contribution < 1.29 is 19.1 Å². The van der Waals surface area contributed by atoms with Gasteiger partial charge < -0.3 is 15.0 Å². The van der Waals surface area contributed by atoms with Gasteiger partial charge in [-0.15, -0.1) is 0 Å². The number of aromatic nitrogens is 2. The monoisotopic (exact) mass is 429 g/mol. The van der Waals surface area contributed by atoms with Crippen molar-refractivity contribution in [1.82, 2.24) is 14.9 Å². The number of H-pyrrole nitrogens is 1. The highest BCUT2D eigenvalue weighted by Gasteiger charge is 2.33. The quantitative estimate of drug-likeness (QED) is 0.637. The van der Waals surface area contributed by atoms with E-state index in [1.807, 2.05) is 0 Å². The number of piperidine rings is 1. The fraction of sp³-hybridized carbons (Fsp3) is 0.318. The summed E-state index contributed by atoms with van der Waals surface area (Å²) in [7, 11) is 0. The number of nitrogens with one attached hydrogen (secondary N) is 1. The van der Waals surface area contributed by atoms with Gasteiger partial charge in [0.05, 0.1) is 11.0 Å². The van der Waals surface area contributed by atoms with Crippen LogP contribution < -0.4 is 0 Å². The third-order valence-electron chi connectivity index (χ3n) is 5.66. The molecule has 6 nitrogen and oxygen atoms in total. The third-order valence-corrected chi connectivity index (χ3v) is 5.91. The van der Waals surface area contributed by atoms with Gasteiger partial charge in [0.1, 0.15) is 11.6 Å². The first-order chi connectivity index (χ1) is 14.4. The van der Waals surface area contributed by atoms with Gasteiger partial charge in [-0.3, -0.25) is 9.59 Å². The van der Waals surface area contributed by atoms with Crippen LogP contribution in [0.25, 0.3) is 11.0 Å². The summed E-state index contributed by atoms with van der Waals surface area (Å²) in [5.74, 6) is -0.778. The fourth-order valence-electron chi connectivity index (χ4n) is 4.14. The molecule has 0 aliphatic carbocycles. The number of carboxylic acids is 1. The number of amides is 1. The number of hydrogen-bond acceptors (Lipinski definition) is 3. The molecule has 1 fully saturated rings. The summed E-state index contributed by atoms with van der Waals surface area (Å²) in [6.07, 6.45) is 1.13. The summed E-state index contributed by atoms with van der Waals surface area (Å²) in [5.41, 5.74) is 1.81. The zero-order valence-electron chi connectivity index (χ0n) is 16.1. The van der Waals surface area contributed by atoms with E-state index < -0.39 is 5.97 Å². The van der Waals surface area contributed by atoms with Crippen molar-refractivity contribution >= 4 is 34.5 Å². The fourth-order valence-corrected chi connectivity index (χ4v) is 4.27. The number of carbonyl (C=O) groups is 2. The van der Waals surface area contributed by atoms with Crippen molar-refractivity contribution in [3.05, 3.63) is 64.7 Å². The van der Waals surface area contributed by atoms with Crippen LogP contribution in [0.4, 0.5) is 4.39 Å². The maximum Gasteiger partial charge on any atom is 0.303 e. The molecule has 1 aromatic heterocycles. The number of nitrogens with zero attached hydrogens (tertiary/aromatic N) is 2. The lowest BCUT2D eigenvalue weighted by molar-refractivity contribution is -0.139. The molecule has 0 spiro atoms. The van der Waals surface area contributed by atoms with Crippen LogP contribution in [0.3, 0.4) is 0 Å². The summed E-state index contributed by atoms with van der Waals surface area (Å²) in [5, 5.41) is 9.88. The maximum atomic E-state index is 13.5. The summed E-state index contributed by atoms with van der Waals surface area (Å²) in [4.78, 5) is 33.7. The molecule has 2 aromatic carbocycles. The van der Waals surface area contributed by atoms with Gasteiger partial charge in [-0.2, -0.15) is 0 Å². The molecule has 4 rings (SSSR count). The zero-order chi connectivity index (χ0) is 21.3. The van der Waals surface area contributed by atoms with Crippen LogP contribution >= 0.6 is 11.6 Å². The van der Waals surface area contributed by atoms with Gasteiger partial charge in [0.15, 0.2) is 0 Å². The predicted molar refractivity (Wildman–Crippen MR) is 111 cm³/mol. The molecule has 3 aromatic rings. The lowest BCUT2D eigenvalue weighted by Crippen LogP contribution is -2.45. The van der Waals surface area contributed by atoms with E-state index in [1.165, 1.54) is 12.1 Å². The number of imidazole rings is 1. The molecule has 0 bridgehead atoms. The Morgan fingerprint density at radius 1 is 1.20 bits per heavy atom. The number of rotatable bonds is 5. The van der Waals surface area contributed by atoms with E-state index in [2.05, 4.69) is 9.97 Å². The van der Waals surface area contributed by atoms with Crippen LogP contribution in [-0.4, -0.2) is 44.9 Å². The molecule has 0 unspecified atom stereocenters. The molecule has 0 saturated carbocycles. The molecular formula is C22H21ClFN3O3. The number of aromatic amines is 1. The van der Waals surface area contributed by atoms with Gasteiger partial charge in [-0.1, -0.05) is 11.6 Å². The number of aliphatic carboxylic acids is 1. The Kier molecular flexibility index (Phi) is 5.72. The van der Waals surface area contributed by atoms with Crippen molar-refractivity contribution in [2.45, 2.75) is 19.3 Å². The Morgan fingerprint density at radius 2 is 1.97 bits per heavy atom. The Balaban J connectivity index is 1.54. The van der Waals surface area contributed by atoms with E-state index in [0.29, 0.717) is 53.4 Å². The summed E-state index contributed by atoms with van der Waals surface area (Å²) in [6, 6.07) is 11.1. The molecule has 1 aliphatic heterocycles. The van der Waals surface area contributed by atoms with Crippen molar-refractivity contribution in [2.75, 3.05) is 13.1 Å². The molecule has 1 amide bonds. The molecule has 2 atom stereocenters. The first-order valence-corrected chi connectivity index (χ1v) is 10.2. The summed E-state index contributed by atoms with van der Waals surface area (Å²) >= 11 is 5.91. The summed E-state index contributed by atoms with van der Waals surface area (Å²) < 4.78 is 13.5. The van der Waals surface area contributed by atoms with Gasteiger partial charge in [0.25, 0.3) is 5.91 Å². The number of hydrogen-bond donors (Lipinski definition) is 2. The van der Waals surface area contributed by atoms with Crippen molar-refractivity contribution in [3.63, 3.8) is 0 Å². The van der Waals surface area contributed by atoms with Gasteiger partial charge in [-0.25, -0.2) is 9.37 Å². The van der Waals surface area contributed by atoms with Crippen LogP contribution in [-0.2, 0) is 11.2 Å². The number of likely N-dealkylation sites (tertiary alicyclic amines) is 1. The van der Waals surface area contributed by atoms with E-state index in [4.69, 9.17) is 11.6 Å². The normalized spacial score (nSPS) is 19.2. The molecule has 1 aliphatic rings. The van der Waals surface area contributed by atoms with Crippen LogP contribution in [0.1, 0.15) is 29.0 Å². The highest BCUT2D eigenvalue weighted by molar-refractivity contribution is 6.30. The number of halogens is 2. The first-order valence-electron chi connectivity index (χ1n) is 9.80. The van der Waals surface area contributed by atoms with Crippen molar-refractivity contribution in [3.8, 4) is 0 Å². The molecule has 8 heteroatoms. The number of fused-ring (bicyclic) bond motifs is 1. The standard InChI is InChI=1S/C22H21ClFN3O3/c23-16-3-1-13(2-4-16)22(30)27-8-7-14(10-21(28)29)15(12-27)9-20-25-18-6-5-17(24)11-19(18)26-20/h1-6,11,14-15H,7-10,12H2,(H,25,26)(H,28,29)/t14-,15-/m0/s1. The molecule has 30 heavy (non-hydrogen) atoms. The van der Waals surface area contributed by atoms with E-state index >= 15 is 0 Å². The highest BCUT2D eigenvalue weighted by Crippen LogP contribution is 2.30. The third kappa shape index (κ3) is 4.46. The SMILES string of the molecule is O=C(O)C[C@@H]1CCN(C(=O)c2ccc(Cl)cc2)C[C@@H]1Cc1nc2ccc(F)cc2[nH]1. The van der Waals surface area contributed by atoms with E-state index in [1.54, 1.807) is 35.2 Å². The second-order valence-electron chi connectivity index (χ2n) is 7.71. The first kappa shape index (κ1) is 20.3. The van der Waals surface area contributed by atoms with Gasteiger partial charge in [-0.05, 0) is 60.7 Å². The average molecular weight is 430 g/mol. The topological polar surface area (TPSA) is 86.3 Å². The largest absolute Gasteiger partial charge is 0.481 e. The predicted octanol–water partition coefficient (Wildman–Crippen LogP) is 4.15. The molecule has 0 radical (unpaired) electrons. The van der Waals surface area contributed by atoms with Crippen molar-refractivity contribution in [2.24, 2.45) is 11.8 Å². The van der Waals surface area contributed by atoms with Gasteiger partial charge in [0, 0.05) is 36.5 Å². The zero-order valence-corrected chi connectivity index (χ0v) is 16.9. The van der Waals surface area contributed by atoms with Crippen LogP contribution in [0, 0.1) is 17.7 Å². The van der Waals surface area contributed by atoms with Crippen LogP contribution in [0.15, 0.2) is 42.5 Å². The van der Waals surface area contributed by atoms with Crippen LogP contribution in [0.5, 0.6) is 0 Å².